The number of rotatable bonds is 6. The SMILES string of the molecule is CCCCOc1ccc([C@@H]2CC(c3ccc(O)cc3)=NN2C(C)=O)cc1. The van der Waals surface area contributed by atoms with Gasteiger partial charge in [0, 0.05) is 13.3 Å². The Balaban J connectivity index is 1.77. The van der Waals surface area contributed by atoms with Crippen LogP contribution in [0, 0.1) is 0 Å². The molecule has 1 N–H and O–H groups in total. The van der Waals surface area contributed by atoms with Crippen LogP contribution in [0.2, 0.25) is 0 Å². The first-order valence-electron chi connectivity index (χ1n) is 8.98. The molecule has 136 valence electrons. The number of phenols is 1. The van der Waals surface area contributed by atoms with Gasteiger partial charge >= 0.3 is 0 Å². The fourth-order valence-electron chi connectivity index (χ4n) is 3.01. The molecular weight excluding hydrogens is 328 g/mol. The lowest BCUT2D eigenvalue weighted by Crippen LogP contribution is -2.24. The Hall–Kier alpha value is -2.82. The molecule has 0 fully saturated rings. The molecule has 1 aliphatic rings. The van der Waals surface area contributed by atoms with Gasteiger partial charge in [0.05, 0.1) is 18.4 Å². The van der Waals surface area contributed by atoms with Crippen molar-refractivity contribution in [3.05, 3.63) is 59.7 Å². The Kier molecular flexibility index (Phi) is 5.56. The van der Waals surface area contributed by atoms with Crippen LogP contribution in [0.4, 0.5) is 0 Å². The molecule has 5 nitrogen and oxygen atoms in total. The van der Waals surface area contributed by atoms with E-state index in [1.165, 1.54) is 11.9 Å². The van der Waals surface area contributed by atoms with Gasteiger partial charge in [-0.15, -0.1) is 0 Å². The first kappa shape index (κ1) is 18.0. The largest absolute Gasteiger partial charge is 0.508 e. The van der Waals surface area contributed by atoms with E-state index in [1.54, 1.807) is 12.1 Å². The standard InChI is InChI=1S/C21H24N2O3/c1-3-4-13-26-19-11-7-17(8-12-19)21-14-20(22-23(21)15(2)24)16-5-9-18(25)10-6-16/h5-12,21,25H,3-4,13-14H2,1-2H3/t21-/m0/s1. The van der Waals surface area contributed by atoms with Gasteiger partial charge < -0.3 is 9.84 Å². The number of phenolic OH excluding ortho intramolecular Hbond substituents is 1. The molecule has 1 heterocycles. The summed E-state index contributed by atoms with van der Waals surface area (Å²) in [7, 11) is 0. The van der Waals surface area contributed by atoms with Gasteiger partial charge in [-0.05, 0) is 53.9 Å². The molecule has 0 aliphatic carbocycles. The topological polar surface area (TPSA) is 62.1 Å². The summed E-state index contributed by atoms with van der Waals surface area (Å²) in [5, 5.41) is 15.5. The summed E-state index contributed by atoms with van der Waals surface area (Å²) < 4.78 is 5.71. The number of carbonyl (C=O) groups is 1. The molecule has 0 aromatic heterocycles. The summed E-state index contributed by atoms with van der Waals surface area (Å²) in [6.07, 6.45) is 2.78. The van der Waals surface area contributed by atoms with Crippen LogP contribution < -0.4 is 4.74 Å². The number of ether oxygens (including phenoxy) is 1. The van der Waals surface area contributed by atoms with Crippen molar-refractivity contribution in [2.24, 2.45) is 5.10 Å². The highest BCUT2D eigenvalue weighted by Gasteiger charge is 2.31. The van der Waals surface area contributed by atoms with Crippen LogP contribution >= 0.6 is 0 Å². The van der Waals surface area contributed by atoms with Gasteiger partial charge in [-0.1, -0.05) is 25.5 Å². The minimum atomic E-state index is -0.124. The zero-order valence-corrected chi connectivity index (χ0v) is 15.2. The Morgan fingerprint density at radius 1 is 1.19 bits per heavy atom. The third-order valence-electron chi connectivity index (χ3n) is 4.47. The molecule has 0 bridgehead atoms. The first-order valence-corrected chi connectivity index (χ1v) is 8.98. The smallest absolute Gasteiger partial charge is 0.240 e. The molecule has 1 aliphatic heterocycles. The number of unbranched alkanes of at least 4 members (excludes halogenated alkanes) is 1. The molecular formula is C21H24N2O3. The fourth-order valence-corrected chi connectivity index (χ4v) is 3.01. The van der Waals surface area contributed by atoms with Crippen LogP contribution in [0.25, 0.3) is 0 Å². The highest BCUT2D eigenvalue weighted by molar-refractivity contribution is 6.03. The predicted molar refractivity (Wildman–Crippen MR) is 101 cm³/mol. The zero-order chi connectivity index (χ0) is 18.5. The molecule has 3 rings (SSSR count). The van der Waals surface area contributed by atoms with Gasteiger partial charge in [0.2, 0.25) is 5.91 Å². The summed E-state index contributed by atoms with van der Waals surface area (Å²) in [5.41, 5.74) is 2.78. The monoisotopic (exact) mass is 352 g/mol. The molecule has 1 amide bonds. The number of benzene rings is 2. The third kappa shape index (κ3) is 4.04. The van der Waals surface area contributed by atoms with Crippen LogP contribution in [0.3, 0.4) is 0 Å². The molecule has 0 unspecified atom stereocenters. The number of hydrogen-bond acceptors (Lipinski definition) is 4. The highest BCUT2D eigenvalue weighted by atomic mass is 16.5. The number of aromatic hydroxyl groups is 1. The summed E-state index contributed by atoms with van der Waals surface area (Å²) in [5.74, 6) is 0.965. The summed E-state index contributed by atoms with van der Waals surface area (Å²) in [4.78, 5) is 12.1. The molecule has 0 saturated heterocycles. The minimum absolute atomic E-state index is 0.0907. The molecule has 26 heavy (non-hydrogen) atoms. The van der Waals surface area contributed by atoms with E-state index in [0.717, 1.165) is 35.4 Å². The lowest BCUT2D eigenvalue weighted by Gasteiger charge is -2.20. The summed E-state index contributed by atoms with van der Waals surface area (Å²) >= 11 is 0. The molecule has 0 saturated carbocycles. The summed E-state index contributed by atoms with van der Waals surface area (Å²) in [6.45, 7) is 4.38. The van der Waals surface area contributed by atoms with E-state index in [2.05, 4.69) is 12.0 Å². The van der Waals surface area contributed by atoms with Gasteiger partial charge in [-0.2, -0.15) is 5.10 Å². The average Bonchev–Trinajstić information content (AvgIpc) is 3.09. The lowest BCUT2D eigenvalue weighted by atomic mass is 9.98. The van der Waals surface area contributed by atoms with Gasteiger partial charge in [0.1, 0.15) is 11.5 Å². The second-order valence-corrected chi connectivity index (χ2v) is 6.45. The van der Waals surface area contributed by atoms with Crippen molar-refractivity contribution < 1.29 is 14.6 Å². The van der Waals surface area contributed by atoms with Crippen LogP contribution in [0.5, 0.6) is 11.5 Å². The van der Waals surface area contributed by atoms with Crippen molar-refractivity contribution >= 4 is 11.6 Å². The van der Waals surface area contributed by atoms with E-state index in [1.807, 2.05) is 36.4 Å². The van der Waals surface area contributed by atoms with Crippen LogP contribution in [-0.4, -0.2) is 28.3 Å². The van der Waals surface area contributed by atoms with E-state index in [0.29, 0.717) is 13.0 Å². The first-order chi connectivity index (χ1) is 12.6. The molecule has 1 atom stereocenters. The fraction of sp³-hybridized carbons (Fsp3) is 0.333. The van der Waals surface area contributed by atoms with Gasteiger partial charge in [-0.3, -0.25) is 4.79 Å². The Morgan fingerprint density at radius 2 is 1.88 bits per heavy atom. The highest BCUT2D eigenvalue weighted by Crippen LogP contribution is 2.33. The maximum absolute atomic E-state index is 12.1. The predicted octanol–water partition coefficient (Wildman–Crippen LogP) is 4.27. The average molecular weight is 352 g/mol. The van der Waals surface area contributed by atoms with Crippen molar-refractivity contribution in [2.75, 3.05) is 6.61 Å². The zero-order valence-electron chi connectivity index (χ0n) is 15.2. The van der Waals surface area contributed by atoms with Crippen molar-refractivity contribution in [1.82, 2.24) is 5.01 Å². The van der Waals surface area contributed by atoms with E-state index in [-0.39, 0.29) is 17.7 Å². The Labute approximate surface area is 153 Å². The van der Waals surface area contributed by atoms with Crippen LogP contribution in [0.15, 0.2) is 53.6 Å². The third-order valence-corrected chi connectivity index (χ3v) is 4.47. The molecule has 5 heteroatoms. The van der Waals surface area contributed by atoms with E-state index in [9.17, 15) is 9.90 Å². The number of hydrazone groups is 1. The van der Waals surface area contributed by atoms with E-state index < -0.39 is 0 Å². The van der Waals surface area contributed by atoms with Crippen molar-refractivity contribution in [3.8, 4) is 11.5 Å². The molecule has 0 radical (unpaired) electrons. The number of amides is 1. The van der Waals surface area contributed by atoms with Gasteiger partial charge in [-0.25, -0.2) is 5.01 Å². The van der Waals surface area contributed by atoms with Crippen molar-refractivity contribution in [2.45, 2.75) is 39.2 Å². The maximum Gasteiger partial charge on any atom is 0.240 e. The van der Waals surface area contributed by atoms with Gasteiger partial charge in [0.15, 0.2) is 0 Å². The molecule has 0 spiro atoms. The molecule has 2 aromatic rings. The van der Waals surface area contributed by atoms with Crippen LogP contribution in [-0.2, 0) is 4.79 Å². The summed E-state index contributed by atoms with van der Waals surface area (Å²) in [6, 6.07) is 14.7. The number of hydrogen-bond donors (Lipinski definition) is 1. The molecule has 2 aromatic carbocycles. The Morgan fingerprint density at radius 3 is 2.50 bits per heavy atom. The quantitative estimate of drug-likeness (QED) is 0.790. The van der Waals surface area contributed by atoms with Crippen molar-refractivity contribution in [1.29, 1.82) is 0 Å². The van der Waals surface area contributed by atoms with E-state index >= 15 is 0 Å². The lowest BCUT2D eigenvalue weighted by molar-refractivity contribution is -0.130. The normalized spacial score (nSPS) is 16.5. The second kappa shape index (κ2) is 8.04. The van der Waals surface area contributed by atoms with Crippen molar-refractivity contribution in [3.63, 3.8) is 0 Å². The maximum atomic E-state index is 12.1. The number of carbonyl (C=O) groups excluding carboxylic acids is 1. The van der Waals surface area contributed by atoms with Gasteiger partial charge in [0.25, 0.3) is 0 Å². The van der Waals surface area contributed by atoms with E-state index in [4.69, 9.17) is 4.74 Å². The Bertz CT molecular complexity index is 782. The van der Waals surface area contributed by atoms with Crippen LogP contribution in [0.1, 0.15) is 50.3 Å². The second-order valence-electron chi connectivity index (χ2n) is 6.45. The number of nitrogens with zero attached hydrogens (tertiary/aromatic N) is 2. The minimum Gasteiger partial charge on any atom is -0.508 e.